The van der Waals surface area contributed by atoms with Crippen LogP contribution in [0.5, 0.6) is 0 Å². The maximum absolute atomic E-state index is 12.1. The first-order valence-electron chi connectivity index (χ1n) is 5.29. The molecule has 0 saturated carbocycles. The molecular weight excluding hydrogens is 247 g/mol. The zero-order valence-electron chi connectivity index (χ0n) is 8.75. The molecule has 2 rings (SSSR count). The van der Waals surface area contributed by atoms with Crippen molar-refractivity contribution >= 4 is 29.1 Å². The molecule has 86 valence electrons. The van der Waals surface area contributed by atoms with E-state index in [4.69, 9.17) is 23.2 Å². The van der Waals surface area contributed by atoms with Gasteiger partial charge in [-0.25, -0.2) is 4.98 Å². The Hall–Kier alpha value is -0.800. The molecule has 0 N–H and O–H groups in total. The normalized spacial score (nSPS) is 16.2. The maximum atomic E-state index is 12.1. The summed E-state index contributed by atoms with van der Waals surface area (Å²) in [5.74, 6) is -0.0697. The number of amides is 1. The minimum absolute atomic E-state index is 0.0697. The molecule has 1 fully saturated rings. The molecule has 1 aliphatic rings. The van der Waals surface area contributed by atoms with Gasteiger partial charge in [-0.15, -0.1) is 0 Å². The number of piperidine rings is 1. The lowest BCUT2D eigenvalue weighted by Crippen LogP contribution is -2.35. The molecule has 0 bridgehead atoms. The van der Waals surface area contributed by atoms with Crippen molar-refractivity contribution in [3.63, 3.8) is 0 Å². The highest BCUT2D eigenvalue weighted by molar-refractivity contribution is 6.34. The first-order chi connectivity index (χ1) is 7.68. The number of carbonyl (C=O) groups excluding carboxylic acids is 1. The maximum Gasteiger partial charge on any atom is 0.257 e. The molecule has 3 nitrogen and oxygen atoms in total. The van der Waals surface area contributed by atoms with Crippen molar-refractivity contribution in [1.29, 1.82) is 0 Å². The van der Waals surface area contributed by atoms with Gasteiger partial charge >= 0.3 is 0 Å². The summed E-state index contributed by atoms with van der Waals surface area (Å²) in [6.45, 7) is 1.59. The minimum atomic E-state index is -0.0697. The average molecular weight is 259 g/mol. The molecule has 16 heavy (non-hydrogen) atoms. The van der Waals surface area contributed by atoms with Crippen molar-refractivity contribution in [2.24, 2.45) is 0 Å². The minimum Gasteiger partial charge on any atom is -0.339 e. The molecular formula is C11H12Cl2N2O. The number of aromatic nitrogens is 1. The Kier molecular flexibility index (Phi) is 3.66. The highest BCUT2D eigenvalue weighted by Gasteiger charge is 2.21. The van der Waals surface area contributed by atoms with Gasteiger partial charge in [0.05, 0.1) is 10.6 Å². The predicted octanol–water partition coefficient (Wildman–Crippen LogP) is 3.01. The van der Waals surface area contributed by atoms with Crippen LogP contribution in [0.3, 0.4) is 0 Å². The summed E-state index contributed by atoms with van der Waals surface area (Å²) in [5.41, 5.74) is 0.399. The van der Waals surface area contributed by atoms with Crippen LogP contribution >= 0.6 is 23.2 Å². The predicted molar refractivity (Wildman–Crippen MR) is 64.0 cm³/mol. The lowest BCUT2D eigenvalue weighted by Gasteiger charge is -2.26. The van der Waals surface area contributed by atoms with Crippen LogP contribution in [0.2, 0.25) is 10.2 Å². The van der Waals surface area contributed by atoms with E-state index in [1.165, 1.54) is 12.6 Å². The Labute approximate surface area is 104 Å². The molecule has 1 amide bonds. The van der Waals surface area contributed by atoms with E-state index >= 15 is 0 Å². The molecule has 5 heteroatoms. The van der Waals surface area contributed by atoms with Gasteiger partial charge in [0.1, 0.15) is 5.15 Å². The van der Waals surface area contributed by atoms with Crippen molar-refractivity contribution in [2.75, 3.05) is 13.1 Å². The second-order valence-electron chi connectivity index (χ2n) is 3.84. The number of nitrogens with zero attached hydrogens (tertiary/aromatic N) is 2. The van der Waals surface area contributed by atoms with Crippen molar-refractivity contribution in [3.05, 3.63) is 28.0 Å². The van der Waals surface area contributed by atoms with E-state index in [2.05, 4.69) is 4.98 Å². The zero-order chi connectivity index (χ0) is 11.5. The van der Waals surface area contributed by atoms with Crippen LogP contribution in [0.15, 0.2) is 12.3 Å². The molecule has 0 spiro atoms. The Balaban J connectivity index is 2.22. The van der Waals surface area contributed by atoms with Crippen LogP contribution in [0.1, 0.15) is 29.6 Å². The van der Waals surface area contributed by atoms with E-state index < -0.39 is 0 Å². The summed E-state index contributed by atoms with van der Waals surface area (Å²) >= 11 is 11.7. The van der Waals surface area contributed by atoms with E-state index in [0.29, 0.717) is 10.6 Å². The topological polar surface area (TPSA) is 33.2 Å². The summed E-state index contributed by atoms with van der Waals surface area (Å²) < 4.78 is 0. The van der Waals surface area contributed by atoms with Gasteiger partial charge in [0.25, 0.3) is 5.91 Å². The molecule has 1 saturated heterocycles. The third-order valence-electron chi connectivity index (χ3n) is 2.68. The standard InChI is InChI=1S/C11H12Cl2N2O/c12-8-6-9(10(13)14-7-8)11(16)15-4-2-1-3-5-15/h6-7H,1-5H2. The zero-order valence-corrected chi connectivity index (χ0v) is 10.3. The summed E-state index contributed by atoms with van der Waals surface area (Å²) in [5, 5.41) is 0.657. The quantitative estimate of drug-likeness (QED) is 0.726. The smallest absolute Gasteiger partial charge is 0.257 e. The van der Waals surface area contributed by atoms with Crippen LogP contribution < -0.4 is 0 Å². The Morgan fingerprint density at radius 1 is 1.25 bits per heavy atom. The first-order valence-corrected chi connectivity index (χ1v) is 6.04. The lowest BCUT2D eigenvalue weighted by molar-refractivity contribution is 0.0724. The van der Waals surface area contributed by atoms with Gasteiger partial charge in [0, 0.05) is 19.3 Å². The van der Waals surface area contributed by atoms with Crippen molar-refractivity contribution in [1.82, 2.24) is 9.88 Å². The van der Waals surface area contributed by atoms with Gasteiger partial charge < -0.3 is 4.90 Å². The van der Waals surface area contributed by atoms with Crippen molar-refractivity contribution < 1.29 is 4.79 Å². The summed E-state index contributed by atoms with van der Waals surface area (Å²) in [7, 11) is 0. The van der Waals surface area contributed by atoms with E-state index in [1.54, 1.807) is 6.07 Å². The van der Waals surface area contributed by atoms with Crippen molar-refractivity contribution in [3.8, 4) is 0 Å². The second-order valence-corrected chi connectivity index (χ2v) is 4.64. The number of likely N-dealkylation sites (tertiary alicyclic amines) is 1. The number of hydrogen-bond donors (Lipinski definition) is 0. The molecule has 1 aromatic heterocycles. The molecule has 0 atom stereocenters. The molecule has 0 unspecified atom stereocenters. The molecule has 0 radical (unpaired) electrons. The van der Waals surface area contributed by atoms with E-state index in [1.807, 2.05) is 4.90 Å². The molecule has 0 aliphatic carbocycles. The van der Waals surface area contributed by atoms with Gasteiger partial charge in [-0.2, -0.15) is 0 Å². The Morgan fingerprint density at radius 2 is 1.94 bits per heavy atom. The average Bonchev–Trinajstić information content (AvgIpc) is 2.32. The SMILES string of the molecule is O=C(c1cc(Cl)cnc1Cl)N1CCCCC1. The van der Waals surface area contributed by atoms with E-state index in [9.17, 15) is 4.79 Å². The molecule has 0 aromatic carbocycles. The van der Waals surface area contributed by atoms with Crippen LogP contribution in [0.25, 0.3) is 0 Å². The largest absolute Gasteiger partial charge is 0.339 e. The van der Waals surface area contributed by atoms with Gasteiger partial charge in [0.15, 0.2) is 0 Å². The number of pyridine rings is 1. The number of carbonyl (C=O) groups is 1. The molecule has 1 aliphatic heterocycles. The monoisotopic (exact) mass is 258 g/mol. The van der Waals surface area contributed by atoms with E-state index in [0.717, 1.165) is 25.9 Å². The third kappa shape index (κ3) is 2.47. The fraction of sp³-hybridized carbons (Fsp3) is 0.455. The Morgan fingerprint density at radius 3 is 2.62 bits per heavy atom. The second kappa shape index (κ2) is 5.02. The number of hydrogen-bond acceptors (Lipinski definition) is 2. The van der Waals surface area contributed by atoms with Crippen LogP contribution in [0, 0.1) is 0 Å². The Bertz CT molecular complexity index is 403. The van der Waals surface area contributed by atoms with Crippen LogP contribution in [-0.2, 0) is 0 Å². The summed E-state index contributed by atoms with van der Waals surface area (Å²) in [6, 6.07) is 1.58. The van der Waals surface area contributed by atoms with E-state index in [-0.39, 0.29) is 11.1 Å². The van der Waals surface area contributed by atoms with Crippen molar-refractivity contribution in [2.45, 2.75) is 19.3 Å². The molecule has 2 heterocycles. The lowest BCUT2D eigenvalue weighted by atomic mass is 10.1. The third-order valence-corrected chi connectivity index (χ3v) is 3.19. The fourth-order valence-corrected chi connectivity index (χ4v) is 2.18. The summed E-state index contributed by atoms with van der Waals surface area (Å²) in [4.78, 5) is 17.8. The summed E-state index contributed by atoms with van der Waals surface area (Å²) in [6.07, 6.45) is 4.73. The number of halogens is 2. The van der Waals surface area contributed by atoms with Gasteiger partial charge in [-0.05, 0) is 25.3 Å². The highest BCUT2D eigenvalue weighted by atomic mass is 35.5. The van der Waals surface area contributed by atoms with Crippen LogP contribution in [-0.4, -0.2) is 28.9 Å². The van der Waals surface area contributed by atoms with Gasteiger partial charge in [0.2, 0.25) is 0 Å². The van der Waals surface area contributed by atoms with Gasteiger partial charge in [-0.1, -0.05) is 23.2 Å². The molecule has 1 aromatic rings. The first kappa shape index (κ1) is 11.7. The highest BCUT2D eigenvalue weighted by Crippen LogP contribution is 2.21. The van der Waals surface area contributed by atoms with Crippen LogP contribution in [0.4, 0.5) is 0 Å². The number of rotatable bonds is 1. The van der Waals surface area contributed by atoms with Gasteiger partial charge in [-0.3, -0.25) is 4.79 Å². The fourth-order valence-electron chi connectivity index (χ4n) is 1.84.